The van der Waals surface area contributed by atoms with Crippen LogP contribution in [0.5, 0.6) is 11.5 Å². The van der Waals surface area contributed by atoms with E-state index in [1.54, 1.807) is 43.5 Å². The van der Waals surface area contributed by atoms with Crippen molar-refractivity contribution in [2.45, 2.75) is 20.5 Å². The first kappa shape index (κ1) is 22.7. The van der Waals surface area contributed by atoms with E-state index in [2.05, 4.69) is 5.32 Å². The maximum atomic E-state index is 12.2. The minimum atomic E-state index is -0.212. The lowest BCUT2D eigenvalue weighted by atomic mass is 10.1. The Labute approximate surface area is 192 Å². The molecule has 0 aliphatic heterocycles. The van der Waals surface area contributed by atoms with E-state index in [0.717, 1.165) is 16.8 Å². The molecule has 3 aromatic carbocycles. The zero-order valence-corrected chi connectivity index (χ0v) is 19.1. The van der Waals surface area contributed by atoms with Gasteiger partial charge in [0.2, 0.25) is 5.91 Å². The summed E-state index contributed by atoms with van der Waals surface area (Å²) in [6.45, 7) is 4.25. The molecule has 4 nitrogen and oxygen atoms in total. The lowest BCUT2D eigenvalue weighted by molar-refractivity contribution is -0.111. The van der Waals surface area contributed by atoms with Gasteiger partial charge in [0.05, 0.1) is 7.11 Å². The summed E-state index contributed by atoms with van der Waals surface area (Å²) in [5.41, 5.74) is 4.58. The second-order valence-electron chi connectivity index (χ2n) is 7.02. The maximum absolute atomic E-state index is 12.2. The number of carbonyl (C=O) groups excluding carboxylic acids is 1. The van der Waals surface area contributed by atoms with Gasteiger partial charge in [-0.15, -0.1) is 0 Å². The van der Waals surface area contributed by atoms with Crippen LogP contribution in [0.4, 0.5) is 5.69 Å². The van der Waals surface area contributed by atoms with Gasteiger partial charge in [0.15, 0.2) is 11.5 Å². The second-order valence-corrected chi connectivity index (χ2v) is 7.84. The van der Waals surface area contributed by atoms with Gasteiger partial charge < -0.3 is 14.8 Å². The summed E-state index contributed by atoms with van der Waals surface area (Å²) in [6, 6.07) is 16.5. The summed E-state index contributed by atoms with van der Waals surface area (Å²) >= 11 is 12.4. The molecule has 0 aromatic heterocycles. The van der Waals surface area contributed by atoms with Crippen LogP contribution in [0, 0.1) is 13.8 Å². The molecule has 3 rings (SSSR count). The lowest BCUT2D eigenvalue weighted by Crippen LogP contribution is -2.07. The van der Waals surface area contributed by atoms with Crippen molar-refractivity contribution in [3.63, 3.8) is 0 Å². The zero-order chi connectivity index (χ0) is 22.4. The smallest absolute Gasteiger partial charge is 0.248 e. The first-order chi connectivity index (χ1) is 14.9. The molecule has 160 valence electrons. The van der Waals surface area contributed by atoms with E-state index >= 15 is 0 Å². The third kappa shape index (κ3) is 6.03. The zero-order valence-electron chi connectivity index (χ0n) is 17.5. The Morgan fingerprint density at radius 3 is 2.39 bits per heavy atom. The molecule has 0 atom stereocenters. The molecule has 0 heterocycles. The Hall–Kier alpha value is -2.95. The fourth-order valence-corrected chi connectivity index (χ4v) is 3.41. The summed E-state index contributed by atoms with van der Waals surface area (Å²) in [6.07, 6.45) is 3.20. The third-order valence-corrected chi connectivity index (χ3v) is 5.53. The Morgan fingerprint density at radius 2 is 1.71 bits per heavy atom. The highest BCUT2D eigenvalue weighted by Gasteiger charge is 2.10. The monoisotopic (exact) mass is 455 g/mol. The molecule has 0 fully saturated rings. The summed E-state index contributed by atoms with van der Waals surface area (Å²) in [4.78, 5) is 12.2. The fraction of sp³-hybridized carbons (Fsp3) is 0.160. The third-order valence-electron chi connectivity index (χ3n) is 4.82. The Bertz CT molecular complexity index is 1110. The van der Waals surface area contributed by atoms with Crippen LogP contribution in [-0.2, 0) is 11.4 Å². The normalized spacial score (nSPS) is 10.9. The van der Waals surface area contributed by atoms with Crippen molar-refractivity contribution in [3.8, 4) is 11.5 Å². The second kappa shape index (κ2) is 10.4. The van der Waals surface area contributed by atoms with Gasteiger partial charge in [-0.2, -0.15) is 0 Å². The molecular formula is C25H23Cl2NO3. The largest absolute Gasteiger partial charge is 0.493 e. The number of carbonyl (C=O) groups is 1. The van der Waals surface area contributed by atoms with Crippen LogP contribution in [0.3, 0.4) is 0 Å². The molecule has 0 unspecified atom stereocenters. The van der Waals surface area contributed by atoms with E-state index in [1.807, 2.05) is 38.1 Å². The van der Waals surface area contributed by atoms with Crippen LogP contribution in [-0.4, -0.2) is 13.0 Å². The number of hydrogen-bond donors (Lipinski definition) is 1. The van der Waals surface area contributed by atoms with E-state index in [4.69, 9.17) is 32.7 Å². The molecular weight excluding hydrogens is 433 g/mol. The first-order valence-corrected chi connectivity index (χ1v) is 10.4. The van der Waals surface area contributed by atoms with Crippen molar-refractivity contribution in [1.29, 1.82) is 0 Å². The van der Waals surface area contributed by atoms with Crippen molar-refractivity contribution >= 4 is 40.9 Å². The summed E-state index contributed by atoms with van der Waals surface area (Å²) < 4.78 is 11.3. The SMILES string of the molecule is COc1cc(/C=C/C(=O)Nc2ccc(C)c(C)c2)ccc1OCc1c(Cl)cccc1Cl. The summed E-state index contributed by atoms with van der Waals surface area (Å²) in [5, 5.41) is 3.95. The minimum absolute atomic E-state index is 0.211. The lowest BCUT2D eigenvalue weighted by Gasteiger charge is -2.13. The topological polar surface area (TPSA) is 47.6 Å². The van der Waals surface area contributed by atoms with Crippen LogP contribution in [0.25, 0.3) is 6.08 Å². The molecule has 0 spiro atoms. The van der Waals surface area contributed by atoms with Crippen LogP contribution in [0.1, 0.15) is 22.3 Å². The van der Waals surface area contributed by atoms with E-state index < -0.39 is 0 Å². The number of benzene rings is 3. The van der Waals surface area contributed by atoms with Crippen molar-refractivity contribution in [2.24, 2.45) is 0 Å². The van der Waals surface area contributed by atoms with Crippen LogP contribution < -0.4 is 14.8 Å². The van der Waals surface area contributed by atoms with Crippen LogP contribution in [0.2, 0.25) is 10.0 Å². The number of nitrogens with one attached hydrogen (secondary N) is 1. The van der Waals surface area contributed by atoms with Gasteiger partial charge in [0, 0.05) is 27.4 Å². The van der Waals surface area contributed by atoms with E-state index in [9.17, 15) is 4.79 Å². The minimum Gasteiger partial charge on any atom is -0.493 e. The number of rotatable bonds is 7. The molecule has 3 aromatic rings. The van der Waals surface area contributed by atoms with Crippen LogP contribution in [0.15, 0.2) is 60.7 Å². The van der Waals surface area contributed by atoms with Crippen molar-refractivity contribution in [1.82, 2.24) is 0 Å². The van der Waals surface area contributed by atoms with E-state index in [1.165, 1.54) is 11.6 Å². The molecule has 0 bridgehead atoms. The standard InChI is InChI=1S/C25H23Cl2NO3/c1-16-7-10-19(13-17(16)2)28-25(29)12-9-18-8-11-23(24(14-18)30-3)31-15-20-21(26)5-4-6-22(20)27/h4-14H,15H2,1-3H3,(H,28,29)/b12-9+. The maximum Gasteiger partial charge on any atom is 0.248 e. The number of anilines is 1. The molecule has 0 radical (unpaired) electrons. The Balaban J connectivity index is 1.67. The average Bonchev–Trinajstić information content (AvgIpc) is 2.75. The number of halogens is 2. The molecule has 0 aliphatic carbocycles. The van der Waals surface area contributed by atoms with Gasteiger partial charge in [-0.25, -0.2) is 0 Å². The van der Waals surface area contributed by atoms with E-state index in [-0.39, 0.29) is 12.5 Å². The predicted molar refractivity (Wildman–Crippen MR) is 127 cm³/mol. The summed E-state index contributed by atoms with van der Waals surface area (Å²) in [5.74, 6) is 0.881. The molecule has 6 heteroatoms. The highest BCUT2D eigenvalue weighted by Crippen LogP contribution is 2.31. The van der Waals surface area contributed by atoms with Gasteiger partial charge >= 0.3 is 0 Å². The first-order valence-electron chi connectivity index (χ1n) is 9.67. The number of methoxy groups -OCH3 is 1. The molecule has 0 aliphatic rings. The highest BCUT2D eigenvalue weighted by atomic mass is 35.5. The van der Waals surface area contributed by atoms with Gasteiger partial charge in [-0.3, -0.25) is 4.79 Å². The molecule has 1 amide bonds. The summed E-state index contributed by atoms with van der Waals surface area (Å²) in [7, 11) is 1.56. The van der Waals surface area contributed by atoms with Crippen molar-refractivity contribution in [2.75, 3.05) is 12.4 Å². The fourth-order valence-electron chi connectivity index (χ4n) is 2.90. The van der Waals surface area contributed by atoms with Crippen molar-refractivity contribution in [3.05, 3.63) is 93.0 Å². The van der Waals surface area contributed by atoms with E-state index in [0.29, 0.717) is 27.1 Å². The molecule has 0 saturated carbocycles. The molecule has 31 heavy (non-hydrogen) atoms. The Kier molecular flexibility index (Phi) is 7.61. The number of aryl methyl sites for hydroxylation is 2. The molecule has 0 saturated heterocycles. The Morgan fingerprint density at radius 1 is 0.968 bits per heavy atom. The highest BCUT2D eigenvalue weighted by molar-refractivity contribution is 6.35. The van der Waals surface area contributed by atoms with Gasteiger partial charge in [-0.1, -0.05) is 41.4 Å². The van der Waals surface area contributed by atoms with Crippen molar-refractivity contribution < 1.29 is 14.3 Å². The quantitative estimate of drug-likeness (QED) is 0.396. The van der Waals surface area contributed by atoms with Gasteiger partial charge in [0.1, 0.15) is 6.61 Å². The number of amides is 1. The van der Waals surface area contributed by atoms with Crippen LogP contribution >= 0.6 is 23.2 Å². The molecule has 1 N–H and O–H groups in total. The number of hydrogen-bond acceptors (Lipinski definition) is 3. The van der Waals surface area contributed by atoms with Gasteiger partial charge in [0.25, 0.3) is 0 Å². The number of ether oxygens (including phenoxy) is 2. The van der Waals surface area contributed by atoms with Gasteiger partial charge in [-0.05, 0) is 73.0 Å². The predicted octanol–water partition coefficient (Wildman–Crippen LogP) is 6.85. The average molecular weight is 456 g/mol.